The lowest BCUT2D eigenvalue weighted by molar-refractivity contribution is -0.115. The van der Waals surface area contributed by atoms with Crippen LogP contribution in [-0.2, 0) is 11.2 Å². The first-order valence-electron chi connectivity index (χ1n) is 7.67. The molecule has 0 radical (unpaired) electrons. The Morgan fingerprint density at radius 1 is 1.17 bits per heavy atom. The summed E-state index contributed by atoms with van der Waals surface area (Å²) in [5.74, 6) is -0.146. The average molecular weight is 406 g/mol. The minimum Gasteiger partial charge on any atom is -0.353 e. The van der Waals surface area contributed by atoms with Crippen LogP contribution in [0, 0.1) is 6.92 Å². The standard InChI is InChI=1S/C18H20BrN3OS/c1-3-13-5-4-6-15(10-13)21-18(24)20-11-17(23)22-16-8-7-14(19)9-12(16)2/h4-10H,3,11H2,1-2H3,(H,22,23)(H2,20,21,24). The highest BCUT2D eigenvalue weighted by Crippen LogP contribution is 2.19. The molecule has 3 N–H and O–H groups in total. The first-order chi connectivity index (χ1) is 11.5. The summed E-state index contributed by atoms with van der Waals surface area (Å²) in [6, 6.07) is 13.7. The van der Waals surface area contributed by atoms with Gasteiger partial charge in [-0.1, -0.05) is 35.0 Å². The Hall–Kier alpha value is -1.92. The molecule has 2 rings (SSSR count). The lowest BCUT2D eigenvalue weighted by Gasteiger charge is -2.12. The summed E-state index contributed by atoms with van der Waals surface area (Å²) in [4.78, 5) is 12.0. The molecule has 0 unspecified atom stereocenters. The number of rotatable bonds is 5. The summed E-state index contributed by atoms with van der Waals surface area (Å²) in [7, 11) is 0. The SMILES string of the molecule is CCc1cccc(NC(=S)NCC(=O)Nc2ccc(Br)cc2C)c1. The molecule has 0 aliphatic carbocycles. The van der Waals surface area contributed by atoms with Gasteiger partial charge >= 0.3 is 0 Å². The van der Waals surface area contributed by atoms with E-state index in [2.05, 4.69) is 44.9 Å². The molecule has 24 heavy (non-hydrogen) atoms. The van der Waals surface area contributed by atoms with E-state index in [1.165, 1.54) is 5.56 Å². The summed E-state index contributed by atoms with van der Waals surface area (Å²) in [5, 5.41) is 9.29. The van der Waals surface area contributed by atoms with E-state index in [1.807, 2.05) is 43.3 Å². The second kappa shape index (κ2) is 8.80. The number of carbonyl (C=O) groups excluding carboxylic acids is 1. The highest BCUT2D eigenvalue weighted by molar-refractivity contribution is 9.10. The van der Waals surface area contributed by atoms with Crippen molar-refractivity contribution in [3.8, 4) is 0 Å². The molecule has 0 fully saturated rings. The number of nitrogens with one attached hydrogen (secondary N) is 3. The number of carbonyl (C=O) groups is 1. The fourth-order valence-electron chi connectivity index (χ4n) is 2.17. The van der Waals surface area contributed by atoms with Crippen molar-refractivity contribution in [2.45, 2.75) is 20.3 Å². The van der Waals surface area contributed by atoms with E-state index in [1.54, 1.807) is 0 Å². The molecular formula is C18H20BrN3OS. The third-order valence-corrected chi connectivity index (χ3v) is 4.20. The molecule has 0 spiro atoms. The topological polar surface area (TPSA) is 53.2 Å². The molecule has 0 aromatic heterocycles. The van der Waals surface area contributed by atoms with Crippen molar-refractivity contribution in [1.29, 1.82) is 0 Å². The van der Waals surface area contributed by atoms with Crippen molar-refractivity contribution in [2.75, 3.05) is 17.2 Å². The van der Waals surface area contributed by atoms with E-state index >= 15 is 0 Å². The summed E-state index contributed by atoms with van der Waals surface area (Å²) >= 11 is 8.64. The second-order valence-electron chi connectivity index (χ2n) is 5.37. The van der Waals surface area contributed by atoms with Crippen LogP contribution in [-0.4, -0.2) is 17.6 Å². The average Bonchev–Trinajstić information content (AvgIpc) is 2.56. The van der Waals surface area contributed by atoms with Gasteiger partial charge in [-0.2, -0.15) is 0 Å². The van der Waals surface area contributed by atoms with E-state index in [9.17, 15) is 4.79 Å². The maximum atomic E-state index is 12.0. The van der Waals surface area contributed by atoms with Crippen LogP contribution in [0.4, 0.5) is 11.4 Å². The van der Waals surface area contributed by atoms with Crippen LogP contribution in [0.25, 0.3) is 0 Å². The Morgan fingerprint density at radius 2 is 1.96 bits per heavy atom. The Morgan fingerprint density at radius 3 is 2.67 bits per heavy atom. The van der Waals surface area contributed by atoms with Crippen LogP contribution < -0.4 is 16.0 Å². The Balaban J connectivity index is 1.83. The summed E-state index contributed by atoms with van der Waals surface area (Å²) in [6.45, 7) is 4.15. The molecule has 6 heteroatoms. The first kappa shape index (κ1) is 18.4. The van der Waals surface area contributed by atoms with Crippen molar-refractivity contribution in [1.82, 2.24) is 5.32 Å². The number of amides is 1. The Kier molecular flexibility index (Phi) is 6.75. The van der Waals surface area contributed by atoms with E-state index in [-0.39, 0.29) is 12.5 Å². The van der Waals surface area contributed by atoms with Gasteiger partial charge in [0.2, 0.25) is 5.91 Å². The van der Waals surface area contributed by atoms with E-state index in [0.29, 0.717) is 5.11 Å². The summed E-state index contributed by atoms with van der Waals surface area (Å²) in [6.07, 6.45) is 0.963. The molecule has 126 valence electrons. The number of hydrogen-bond acceptors (Lipinski definition) is 2. The molecule has 0 saturated carbocycles. The predicted molar refractivity (Wildman–Crippen MR) is 108 cm³/mol. The quantitative estimate of drug-likeness (QED) is 0.650. The smallest absolute Gasteiger partial charge is 0.243 e. The van der Waals surface area contributed by atoms with Crippen molar-refractivity contribution in [3.05, 3.63) is 58.1 Å². The monoisotopic (exact) mass is 405 g/mol. The molecule has 0 aliphatic rings. The number of thiocarbonyl (C=S) groups is 1. The number of halogens is 1. The lowest BCUT2D eigenvalue weighted by Crippen LogP contribution is -2.35. The van der Waals surface area contributed by atoms with Gasteiger partial charge in [-0.3, -0.25) is 4.79 Å². The molecule has 2 aromatic carbocycles. The summed E-state index contributed by atoms with van der Waals surface area (Å²) < 4.78 is 0.982. The van der Waals surface area contributed by atoms with Gasteiger partial charge in [-0.25, -0.2) is 0 Å². The fraction of sp³-hybridized carbons (Fsp3) is 0.222. The number of aryl methyl sites for hydroxylation is 2. The van der Waals surface area contributed by atoms with Crippen molar-refractivity contribution >= 4 is 50.5 Å². The number of hydrogen-bond donors (Lipinski definition) is 3. The van der Waals surface area contributed by atoms with E-state index in [4.69, 9.17) is 12.2 Å². The van der Waals surface area contributed by atoms with Crippen LogP contribution >= 0.6 is 28.1 Å². The Bertz CT molecular complexity index is 749. The number of anilines is 2. The highest BCUT2D eigenvalue weighted by Gasteiger charge is 2.06. The van der Waals surface area contributed by atoms with Gasteiger partial charge in [0.05, 0.1) is 6.54 Å². The van der Waals surface area contributed by atoms with Crippen LogP contribution in [0.1, 0.15) is 18.1 Å². The molecule has 0 saturated heterocycles. The molecule has 0 aliphatic heterocycles. The predicted octanol–water partition coefficient (Wildman–Crippen LogP) is 4.25. The van der Waals surface area contributed by atoms with Gasteiger partial charge in [0, 0.05) is 15.8 Å². The zero-order valence-corrected chi connectivity index (χ0v) is 16.1. The molecule has 2 aromatic rings. The van der Waals surface area contributed by atoms with Gasteiger partial charge in [0.1, 0.15) is 0 Å². The van der Waals surface area contributed by atoms with Crippen LogP contribution in [0.3, 0.4) is 0 Å². The van der Waals surface area contributed by atoms with Crippen LogP contribution in [0.2, 0.25) is 0 Å². The van der Waals surface area contributed by atoms with Crippen LogP contribution in [0.5, 0.6) is 0 Å². The zero-order chi connectivity index (χ0) is 17.5. The summed E-state index contributed by atoms with van der Waals surface area (Å²) in [5.41, 5.74) is 3.93. The van der Waals surface area contributed by atoms with E-state index < -0.39 is 0 Å². The van der Waals surface area contributed by atoms with Gasteiger partial charge in [-0.05, 0) is 67.0 Å². The lowest BCUT2D eigenvalue weighted by atomic mass is 10.1. The van der Waals surface area contributed by atoms with Crippen LogP contribution in [0.15, 0.2) is 46.9 Å². The minimum absolute atomic E-state index is 0.106. The Labute approximate surface area is 156 Å². The van der Waals surface area contributed by atoms with E-state index in [0.717, 1.165) is 27.8 Å². The van der Waals surface area contributed by atoms with Crippen molar-refractivity contribution in [3.63, 3.8) is 0 Å². The third-order valence-electron chi connectivity index (χ3n) is 3.47. The van der Waals surface area contributed by atoms with Gasteiger partial charge < -0.3 is 16.0 Å². The fourth-order valence-corrected chi connectivity index (χ4v) is 2.83. The largest absolute Gasteiger partial charge is 0.353 e. The first-order valence-corrected chi connectivity index (χ1v) is 8.88. The number of benzene rings is 2. The van der Waals surface area contributed by atoms with Gasteiger partial charge in [0.25, 0.3) is 0 Å². The molecular weight excluding hydrogens is 386 g/mol. The van der Waals surface area contributed by atoms with Crippen molar-refractivity contribution in [2.24, 2.45) is 0 Å². The highest BCUT2D eigenvalue weighted by atomic mass is 79.9. The molecule has 0 bridgehead atoms. The molecule has 4 nitrogen and oxygen atoms in total. The normalized spacial score (nSPS) is 10.1. The third kappa shape index (κ3) is 5.62. The molecule has 0 heterocycles. The minimum atomic E-state index is -0.146. The van der Waals surface area contributed by atoms with Gasteiger partial charge in [0.15, 0.2) is 5.11 Å². The maximum absolute atomic E-state index is 12.0. The van der Waals surface area contributed by atoms with Crippen molar-refractivity contribution < 1.29 is 4.79 Å². The maximum Gasteiger partial charge on any atom is 0.243 e. The zero-order valence-electron chi connectivity index (χ0n) is 13.7. The second-order valence-corrected chi connectivity index (χ2v) is 6.69. The molecule has 1 amide bonds. The molecule has 0 atom stereocenters. The van der Waals surface area contributed by atoms with Gasteiger partial charge in [-0.15, -0.1) is 0 Å².